The Morgan fingerprint density at radius 2 is 2.11 bits per heavy atom. The molecule has 0 aromatic heterocycles. The molecule has 1 saturated heterocycles. The van der Waals surface area contributed by atoms with Crippen molar-refractivity contribution in [1.82, 2.24) is 5.32 Å². The summed E-state index contributed by atoms with van der Waals surface area (Å²) in [5.74, 6) is 0.939. The van der Waals surface area contributed by atoms with Gasteiger partial charge in [0, 0.05) is 19.3 Å². The van der Waals surface area contributed by atoms with Crippen LogP contribution in [0.1, 0.15) is 38.2 Å². The number of anilines is 1. The molecule has 3 nitrogen and oxygen atoms in total. The van der Waals surface area contributed by atoms with E-state index >= 15 is 0 Å². The highest BCUT2D eigenvalue weighted by atomic mass is 16.2. The van der Waals surface area contributed by atoms with E-state index in [4.69, 9.17) is 0 Å². The minimum Gasteiger partial charge on any atom is -0.316 e. The molecule has 1 aromatic rings. The number of benzene rings is 1. The minimum atomic E-state index is 0.138. The lowest BCUT2D eigenvalue weighted by atomic mass is 9.98. The van der Waals surface area contributed by atoms with Crippen LogP contribution in [0.4, 0.5) is 5.69 Å². The van der Waals surface area contributed by atoms with Gasteiger partial charge in [-0.25, -0.2) is 0 Å². The van der Waals surface area contributed by atoms with Crippen molar-refractivity contribution in [2.45, 2.75) is 32.6 Å². The van der Waals surface area contributed by atoms with E-state index in [-0.39, 0.29) is 11.8 Å². The second kappa shape index (κ2) is 6.20. The van der Waals surface area contributed by atoms with Crippen LogP contribution in [0.2, 0.25) is 0 Å². The Balaban J connectivity index is 2.06. The highest BCUT2D eigenvalue weighted by Crippen LogP contribution is 2.23. The van der Waals surface area contributed by atoms with Crippen LogP contribution in [-0.4, -0.2) is 26.0 Å². The number of carbonyl (C=O) groups excluding carboxylic acids is 1. The maximum absolute atomic E-state index is 12.3. The first-order valence-corrected chi connectivity index (χ1v) is 7.21. The molecular formula is C16H24N2O. The van der Waals surface area contributed by atoms with Crippen LogP contribution >= 0.6 is 0 Å². The van der Waals surface area contributed by atoms with Crippen molar-refractivity contribution in [2.24, 2.45) is 5.92 Å². The molecule has 1 aliphatic rings. The molecule has 1 heterocycles. The van der Waals surface area contributed by atoms with Crippen molar-refractivity contribution in [1.29, 1.82) is 0 Å². The van der Waals surface area contributed by atoms with Gasteiger partial charge in [0.25, 0.3) is 0 Å². The van der Waals surface area contributed by atoms with Gasteiger partial charge in [-0.2, -0.15) is 0 Å². The number of rotatable bonds is 4. The topological polar surface area (TPSA) is 32.3 Å². The summed E-state index contributed by atoms with van der Waals surface area (Å²) in [6.45, 7) is 6.20. The number of hydrogen-bond acceptors (Lipinski definition) is 2. The lowest BCUT2D eigenvalue weighted by Crippen LogP contribution is -2.33. The maximum Gasteiger partial charge on any atom is 0.231 e. The van der Waals surface area contributed by atoms with Crippen LogP contribution < -0.4 is 10.2 Å². The highest BCUT2D eigenvalue weighted by molar-refractivity contribution is 5.94. The molecule has 1 amide bonds. The first kappa shape index (κ1) is 14.1. The number of hydrogen-bond donors (Lipinski definition) is 1. The molecule has 2 atom stereocenters. The molecule has 0 radical (unpaired) electrons. The molecule has 2 unspecified atom stereocenters. The zero-order chi connectivity index (χ0) is 13.8. The average Bonchev–Trinajstić information content (AvgIpc) is 2.99. The van der Waals surface area contributed by atoms with E-state index in [9.17, 15) is 4.79 Å². The number of amides is 1. The van der Waals surface area contributed by atoms with Crippen molar-refractivity contribution < 1.29 is 4.79 Å². The summed E-state index contributed by atoms with van der Waals surface area (Å²) in [5, 5.41) is 3.24. The fraction of sp³-hybridized carbons (Fsp3) is 0.562. The van der Waals surface area contributed by atoms with Crippen molar-refractivity contribution in [2.75, 3.05) is 25.0 Å². The minimum absolute atomic E-state index is 0.138. The molecule has 3 heteroatoms. The second-order valence-electron chi connectivity index (χ2n) is 5.49. The van der Waals surface area contributed by atoms with Crippen LogP contribution in [0, 0.1) is 5.92 Å². The summed E-state index contributed by atoms with van der Waals surface area (Å²) in [6.07, 6.45) is 2.09. The van der Waals surface area contributed by atoms with E-state index in [1.165, 1.54) is 5.56 Å². The molecule has 1 aliphatic heterocycles. The van der Waals surface area contributed by atoms with Crippen LogP contribution in [-0.2, 0) is 4.79 Å². The maximum atomic E-state index is 12.3. The number of carbonyl (C=O) groups is 1. The molecule has 1 aromatic carbocycles. The Morgan fingerprint density at radius 1 is 1.42 bits per heavy atom. The van der Waals surface area contributed by atoms with Crippen LogP contribution in [0.5, 0.6) is 0 Å². The SMILES string of the molecule is CCC(C)c1ccc(N(C)C(=O)C2CCNC2)cc1. The molecule has 104 valence electrons. The summed E-state index contributed by atoms with van der Waals surface area (Å²) < 4.78 is 0. The van der Waals surface area contributed by atoms with Crippen molar-refractivity contribution in [3.63, 3.8) is 0 Å². The van der Waals surface area contributed by atoms with Crippen LogP contribution in [0.15, 0.2) is 24.3 Å². The van der Waals surface area contributed by atoms with Gasteiger partial charge in [-0.05, 0) is 43.0 Å². The Hall–Kier alpha value is -1.35. The van der Waals surface area contributed by atoms with Gasteiger partial charge in [0.15, 0.2) is 0 Å². The molecular weight excluding hydrogens is 236 g/mol. The van der Waals surface area contributed by atoms with E-state index in [2.05, 4.69) is 43.4 Å². The van der Waals surface area contributed by atoms with Gasteiger partial charge < -0.3 is 10.2 Å². The molecule has 0 bridgehead atoms. The second-order valence-corrected chi connectivity index (χ2v) is 5.49. The van der Waals surface area contributed by atoms with Gasteiger partial charge >= 0.3 is 0 Å². The fourth-order valence-electron chi connectivity index (χ4n) is 2.53. The predicted molar refractivity (Wildman–Crippen MR) is 79.5 cm³/mol. The first-order chi connectivity index (χ1) is 9.13. The lowest BCUT2D eigenvalue weighted by molar-refractivity contribution is -0.121. The summed E-state index contributed by atoms with van der Waals surface area (Å²) in [4.78, 5) is 14.1. The third-order valence-corrected chi connectivity index (χ3v) is 4.20. The normalized spacial score (nSPS) is 20.3. The molecule has 2 rings (SSSR count). The number of nitrogens with one attached hydrogen (secondary N) is 1. The van der Waals surface area contributed by atoms with E-state index in [0.717, 1.165) is 31.6 Å². The zero-order valence-corrected chi connectivity index (χ0v) is 12.1. The van der Waals surface area contributed by atoms with Crippen molar-refractivity contribution in [3.05, 3.63) is 29.8 Å². The Bertz CT molecular complexity index is 421. The lowest BCUT2D eigenvalue weighted by Gasteiger charge is -2.21. The molecule has 1 fully saturated rings. The van der Waals surface area contributed by atoms with E-state index < -0.39 is 0 Å². The van der Waals surface area contributed by atoms with Crippen LogP contribution in [0.3, 0.4) is 0 Å². The van der Waals surface area contributed by atoms with Gasteiger partial charge in [-0.1, -0.05) is 26.0 Å². The van der Waals surface area contributed by atoms with Gasteiger partial charge in [0.05, 0.1) is 5.92 Å². The summed E-state index contributed by atoms with van der Waals surface area (Å²) in [7, 11) is 1.87. The molecule has 19 heavy (non-hydrogen) atoms. The quantitative estimate of drug-likeness (QED) is 0.903. The first-order valence-electron chi connectivity index (χ1n) is 7.21. The molecule has 1 N–H and O–H groups in total. The smallest absolute Gasteiger partial charge is 0.231 e. The largest absolute Gasteiger partial charge is 0.316 e. The van der Waals surface area contributed by atoms with Gasteiger partial charge in [-0.15, -0.1) is 0 Å². The van der Waals surface area contributed by atoms with Gasteiger partial charge in [0.1, 0.15) is 0 Å². The summed E-state index contributed by atoms with van der Waals surface area (Å²) in [5.41, 5.74) is 2.33. The number of nitrogens with zero attached hydrogens (tertiary/aromatic N) is 1. The average molecular weight is 260 g/mol. The molecule has 0 spiro atoms. The third kappa shape index (κ3) is 3.16. The Labute approximate surface area is 116 Å². The van der Waals surface area contributed by atoms with E-state index in [0.29, 0.717) is 5.92 Å². The summed E-state index contributed by atoms with van der Waals surface area (Å²) >= 11 is 0. The monoisotopic (exact) mass is 260 g/mol. The van der Waals surface area contributed by atoms with Crippen molar-refractivity contribution in [3.8, 4) is 0 Å². The molecule has 0 aliphatic carbocycles. The van der Waals surface area contributed by atoms with E-state index in [1.54, 1.807) is 4.90 Å². The Kier molecular flexibility index (Phi) is 4.59. The van der Waals surface area contributed by atoms with Gasteiger partial charge in [0.2, 0.25) is 5.91 Å². The highest BCUT2D eigenvalue weighted by Gasteiger charge is 2.25. The predicted octanol–water partition coefficient (Wildman–Crippen LogP) is 2.77. The van der Waals surface area contributed by atoms with Crippen molar-refractivity contribution >= 4 is 11.6 Å². The fourth-order valence-corrected chi connectivity index (χ4v) is 2.53. The third-order valence-electron chi connectivity index (χ3n) is 4.20. The molecule has 0 saturated carbocycles. The zero-order valence-electron chi connectivity index (χ0n) is 12.1. The van der Waals surface area contributed by atoms with Gasteiger partial charge in [-0.3, -0.25) is 4.79 Å². The Morgan fingerprint density at radius 3 is 2.63 bits per heavy atom. The summed E-state index contributed by atoms with van der Waals surface area (Å²) in [6, 6.07) is 8.39. The standard InChI is InChI=1S/C16H24N2O/c1-4-12(2)13-5-7-15(8-6-13)18(3)16(19)14-9-10-17-11-14/h5-8,12,14,17H,4,9-11H2,1-3H3. The van der Waals surface area contributed by atoms with E-state index in [1.807, 2.05) is 7.05 Å². The van der Waals surface area contributed by atoms with Crippen LogP contribution in [0.25, 0.3) is 0 Å².